The van der Waals surface area contributed by atoms with Crippen LogP contribution in [-0.4, -0.2) is 37.3 Å². The quantitative estimate of drug-likeness (QED) is 0.706. The van der Waals surface area contributed by atoms with Crippen molar-refractivity contribution in [2.45, 2.75) is 44.8 Å². The maximum absolute atomic E-state index is 5.83. The van der Waals surface area contributed by atoms with Crippen molar-refractivity contribution < 1.29 is 4.74 Å². The molecule has 2 atom stereocenters. The number of thioether (sulfide) groups is 1. The maximum atomic E-state index is 5.83. The Kier molecular flexibility index (Phi) is 3.97. The first kappa shape index (κ1) is 11.7. The highest BCUT2D eigenvalue weighted by Crippen LogP contribution is 2.57. The topological polar surface area (TPSA) is 21.3 Å². The van der Waals surface area contributed by atoms with Crippen LogP contribution < -0.4 is 5.32 Å². The number of rotatable bonds is 6. The minimum atomic E-state index is 0.536. The molecule has 0 aromatic rings. The largest absolute Gasteiger partial charge is 0.378 e. The molecule has 1 spiro atoms. The van der Waals surface area contributed by atoms with Crippen molar-refractivity contribution in [2.75, 3.05) is 25.2 Å². The summed E-state index contributed by atoms with van der Waals surface area (Å²) in [6.45, 7) is 4.15. The predicted octanol–water partition coefficient (Wildman–Crippen LogP) is 2.29. The van der Waals surface area contributed by atoms with Crippen molar-refractivity contribution in [3.63, 3.8) is 0 Å². The summed E-state index contributed by atoms with van der Waals surface area (Å²) >= 11 is 1.92. The van der Waals surface area contributed by atoms with Gasteiger partial charge in [-0.2, -0.15) is 11.8 Å². The van der Waals surface area contributed by atoms with Crippen molar-refractivity contribution in [1.29, 1.82) is 0 Å². The SMILES string of the molecule is CCOC1CC(NCCSC)C12CCC2. The maximum Gasteiger partial charge on any atom is 0.0661 e. The smallest absolute Gasteiger partial charge is 0.0661 e. The summed E-state index contributed by atoms with van der Waals surface area (Å²) in [5.41, 5.74) is 0.536. The number of nitrogens with one attached hydrogen (secondary N) is 1. The molecule has 2 fully saturated rings. The zero-order chi connectivity index (χ0) is 10.7. The van der Waals surface area contributed by atoms with Gasteiger partial charge in [-0.3, -0.25) is 0 Å². The third-order valence-electron chi connectivity index (χ3n) is 4.13. The molecule has 0 amide bonds. The van der Waals surface area contributed by atoms with Crippen LogP contribution in [0.25, 0.3) is 0 Å². The second kappa shape index (κ2) is 5.07. The highest BCUT2D eigenvalue weighted by molar-refractivity contribution is 7.98. The molecular weight excluding hydrogens is 206 g/mol. The zero-order valence-corrected chi connectivity index (χ0v) is 10.7. The Bertz CT molecular complexity index is 204. The summed E-state index contributed by atoms with van der Waals surface area (Å²) in [4.78, 5) is 0. The van der Waals surface area contributed by atoms with Crippen molar-refractivity contribution in [2.24, 2.45) is 5.41 Å². The van der Waals surface area contributed by atoms with Crippen molar-refractivity contribution in [3.8, 4) is 0 Å². The fourth-order valence-electron chi connectivity index (χ4n) is 3.06. The average molecular weight is 229 g/mol. The van der Waals surface area contributed by atoms with E-state index in [1.165, 1.54) is 31.4 Å². The van der Waals surface area contributed by atoms with Gasteiger partial charge in [0.05, 0.1) is 6.10 Å². The monoisotopic (exact) mass is 229 g/mol. The van der Waals surface area contributed by atoms with E-state index >= 15 is 0 Å². The summed E-state index contributed by atoms with van der Waals surface area (Å²) < 4.78 is 5.83. The van der Waals surface area contributed by atoms with Gasteiger partial charge >= 0.3 is 0 Å². The number of hydrogen-bond donors (Lipinski definition) is 1. The van der Waals surface area contributed by atoms with Crippen LogP contribution in [0.5, 0.6) is 0 Å². The second-order valence-electron chi connectivity index (χ2n) is 4.77. The lowest BCUT2D eigenvalue weighted by Crippen LogP contribution is -2.67. The molecule has 3 heteroatoms. The predicted molar refractivity (Wildman–Crippen MR) is 66.5 cm³/mol. The Hall–Kier alpha value is 0.270. The minimum Gasteiger partial charge on any atom is -0.378 e. The summed E-state index contributed by atoms with van der Waals surface area (Å²) in [5.74, 6) is 1.23. The molecule has 0 aromatic heterocycles. The summed E-state index contributed by atoms with van der Waals surface area (Å²) in [6, 6.07) is 0.745. The van der Waals surface area contributed by atoms with Gasteiger partial charge in [-0.15, -0.1) is 0 Å². The molecule has 0 saturated heterocycles. The summed E-state index contributed by atoms with van der Waals surface area (Å²) in [7, 11) is 0. The van der Waals surface area contributed by atoms with Gasteiger partial charge in [0.15, 0.2) is 0 Å². The summed E-state index contributed by atoms with van der Waals surface area (Å²) in [5, 5.41) is 3.70. The van der Waals surface area contributed by atoms with Crippen LogP contribution in [0.4, 0.5) is 0 Å². The van der Waals surface area contributed by atoms with E-state index in [1.54, 1.807) is 0 Å². The van der Waals surface area contributed by atoms with Crippen LogP contribution in [0.15, 0.2) is 0 Å². The highest BCUT2D eigenvalue weighted by atomic mass is 32.2. The first-order chi connectivity index (χ1) is 7.33. The van der Waals surface area contributed by atoms with E-state index in [0.29, 0.717) is 11.5 Å². The Morgan fingerprint density at radius 3 is 2.80 bits per heavy atom. The van der Waals surface area contributed by atoms with Crippen LogP contribution in [0.2, 0.25) is 0 Å². The Morgan fingerprint density at radius 1 is 1.47 bits per heavy atom. The Labute approximate surface area is 97.5 Å². The molecule has 2 rings (SSSR count). The number of ether oxygens (including phenoxy) is 1. The minimum absolute atomic E-state index is 0.536. The molecular formula is C12H23NOS. The van der Waals surface area contributed by atoms with Gasteiger partial charge in [0.2, 0.25) is 0 Å². The van der Waals surface area contributed by atoms with Crippen LogP contribution in [0.3, 0.4) is 0 Å². The average Bonchev–Trinajstić information content (AvgIpc) is 2.12. The molecule has 1 N–H and O–H groups in total. The van der Waals surface area contributed by atoms with Gasteiger partial charge in [-0.05, 0) is 32.4 Å². The van der Waals surface area contributed by atoms with Gasteiger partial charge in [0, 0.05) is 30.4 Å². The van der Waals surface area contributed by atoms with Crippen LogP contribution in [0.1, 0.15) is 32.6 Å². The molecule has 2 saturated carbocycles. The molecule has 0 heterocycles. The van der Waals surface area contributed by atoms with E-state index in [2.05, 4.69) is 18.5 Å². The molecule has 0 radical (unpaired) electrons. The van der Waals surface area contributed by atoms with Crippen molar-refractivity contribution >= 4 is 11.8 Å². The lowest BCUT2D eigenvalue weighted by molar-refractivity contribution is -0.172. The fourth-order valence-corrected chi connectivity index (χ4v) is 3.38. The fraction of sp³-hybridized carbons (Fsp3) is 1.00. The van der Waals surface area contributed by atoms with E-state index in [1.807, 2.05) is 11.8 Å². The molecule has 2 nitrogen and oxygen atoms in total. The lowest BCUT2D eigenvalue weighted by atomic mass is 9.51. The molecule has 0 aliphatic heterocycles. The van der Waals surface area contributed by atoms with Crippen LogP contribution >= 0.6 is 11.8 Å². The Balaban J connectivity index is 1.77. The van der Waals surface area contributed by atoms with Crippen LogP contribution in [0, 0.1) is 5.41 Å². The highest BCUT2D eigenvalue weighted by Gasteiger charge is 2.58. The van der Waals surface area contributed by atoms with Gasteiger partial charge in [0.1, 0.15) is 0 Å². The van der Waals surface area contributed by atoms with Crippen molar-refractivity contribution in [1.82, 2.24) is 5.32 Å². The Morgan fingerprint density at radius 2 is 2.27 bits per heavy atom. The third kappa shape index (κ3) is 2.06. The lowest BCUT2D eigenvalue weighted by Gasteiger charge is -2.61. The van der Waals surface area contributed by atoms with E-state index in [4.69, 9.17) is 4.74 Å². The summed E-state index contributed by atoms with van der Waals surface area (Å²) in [6.07, 6.45) is 8.14. The van der Waals surface area contributed by atoms with Crippen molar-refractivity contribution in [3.05, 3.63) is 0 Å². The van der Waals surface area contributed by atoms with E-state index in [0.717, 1.165) is 19.2 Å². The molecule has 2 aliphatic carbocycles. The molecule has 88 valence electrons. The van der Waals surface area contributed by atoms with Gasteiger partial charge in [-0.25, -0.2) is 0 Å². The van der Waals surface area contributed by atoms with E-state index in [9.17, 15) is 0 Å². The third-order valence-corrected chi connectivity index (χ3v) is 4.75. The van der Waals surface area contributed by atoms with Gasteiger partial charge in [0.25, 0.3) is 0 Å². The van der Waals surface area contributed by atoms with Crippen LogP contribution in [-0.2, 0) is 4.74 Å². The van der Waals surface area contributed by atoms with E-state index < -0.39 is 0 Å². The standard InChI is InChI=1S/C12H23NOS/c1-3-14-11-9-10(13-7-8-15-2)12(11)5-4-6-12/h10-11,13H,3-9H2,1-2H3. The molecule has 0 bridgehead atoms. The molecule has 0 aromatic carbocycles. The molecule has 2 aliphatic rings. The first-order valence-electron chi connectivity index (χ1n) is 6.17. The normalized spacial score (nSPS) is 32.4. The first-order valence-corrected chi connectivity index (χ1v) is 7.57. The van der Waals surface area contributed by atoms with Gasteiger partial charge < -0.3 is 10.1 Å². The second-order valence-corrected chi connectivity index (χ2v) is 5.75. The molecule has 2 unspecified atom stereocenters. The zero-order valence-electron chi connectivity index (χ0n) is 9.92. The van der Waals surface area contributed by atoms with E-state index in [-0.39, 0.29) is 0 Å². The number of hydrogen-bond acceptors (Lipinski definition) is 3. The molecule has 15 heavy (non-hydrogen) atoms. The van der Waals surface area contributed by atoms with Gasteiger partial charge in [-0.1, -0.05) is 6.42 Å².